The summed E-state index contributed by atoms with van der Waals surface area (Å²) in [6.07, 6.45) is 2.95. The molecule has 1 aromatic carbocycles. The number of hydrogen-bond donors (Lipinski definition) is 15. The number of carboxylic acid groups (broad SMARTS) is 1. The molecule has 25 nitrogen and oxygen atoms in total. The summed E-state index contributed by atoms with van der Waals surface area (Å²) in [4.78, 5) is 107. The molecule has 1 heterocycles. The van der Waals surface area contributed by atoms with Crippen LogP contribution in [0.25, 0.3) is 0 Å². The number of nitrogens with one attached hydrogen (secondary N) is 7. The van der Waals surface area contributed by atoms with Crippen molar-refractivity contribution < 1.29 is 48.9 Å². The molecular formula is C38H61N15O10. The molecule has 0 unspecified atom stereocenters. The Morgan fingerprint density at radius 1 is 0.714 bits per heavy atom. The highest BCUT2D eigenvalue weighted by molar-refractivity contribution is 5.96. The van der Waals surface area contributed by atoms with Crippen molar-refractivity contribution >= 4 is 53.3 Å². The second-order valence-corrected chi connectivity index (χ2v) is 14.9. The molecule has 63 heavy (non-hydrogen) atoms. The van der Waals surface area contributed by atoms with Crippen LogP contribution >= 0.6 is 0 Å². The Morgan fingerprint density at radius 2 is 1.22 bits per heavy atom. The van der Waals surface area contributed by atoms with Crippen molar-refractivity contribution in [3.8, 4) is 5.75 Å². The fourth-order valence-corrected chi connectivity index (χ4v) is 5.87. The molecule has 0 aliphatic carbocycles. The van der Waals surface area contributed by atoms with Gasteiger partial charge in [0.05, 0.1) is 25.5 Å². The van der Waals surface area contributed by atoms with Gasteiger partial charge in [-0.1, -0.05) is 26.0 Å². The molecular weight excluding hydrogens is 827 g/mol. The van der Waals surface area contributed by atoms with Crippen LogP contribution in [0.5, 0.6) is 5.75 Å². The Hall–Kier alpha value is -7.02. The summed E-state index contributed by atoms with van der Waals surface area (Å²) in [5.74, 6) is -6.93. The van der Waals surface area contributed by atoms with Gasteiger partial charge < -0.3 is 80.9 Å². The Balaban J connectivity index is 2.34. The zero-order valence-electron chi connectivity index (χ0n) is 35.2. The Kier molecular flexibility index (Phi) is 22.4. The number of nitrogens with two attached hydrogens (primary N) is 5. The topological polar surface area (TPSA) is 436 Å². The number of amides is 6. The first kappa shape index (κ1) is 52.1. The maximum absolute atomic E-state index is 14.1. The third kappa shape index (κ3) is 20.4. The first-order valence-electron chi connectivity index (χ1n) is 20.0. The first-order valence-corrected chi connectivity index (χ1v) is 20.0. The van der Waals surface area contributed by atoms with Crippen molar-refractivity contribution in [2.75, 3.05) is 26.2 Å². The van der Waals surface area contributed by atoms with Crippen LogP contribution in [0.1, 0.15) is 57.2 Å². The molecule has 0 fully saturated rings. The van der Waals surface area contributed by atoms with E-state index < -0.39 is 90.8 Å². The van der Waals surface area contributed by atoms with E-state index in [1.807, 2.05) is 0 Å². The maximum atomic E-state index is 14.1. The minimum Gasteiger partial charge on any atom is -0.508 e. The van der Waals surface area contributed by atoms with Gasteiger partial charge >= 0.3 is 5.97 Å². The van der Waals surface area contributed by atoms with Crippen molar-refractivity contribution in [2.45, 2.75) is 95.0 Å². The number of H-pyrrole nitrogens is 1. The normalized spacial score (nSPS) is 13.7. The van der Waals surface area contributed by atoms with Gasteiger partial charge in [-0.3, -0.25) is 38.8 Å². The van der Waals surface area contributed by atoms with Gasteiger partial charge in [-0.15, -0.1) is 0 Å². The first-order chi connectivity index (χ1) is 29.8. The summed E-state index contributed by atoms with van der Waals surface area (Å²) in [6, 6.07) is -1.98. The molecule has 0 saturated heterocycles. The number of carbonyl (C=O) groups is 7. The van der Waals surface area contributed by atoms with Crippen molar-refractivity contribution in [3.63, 3.8) is 0 Å². The van der Waals surface area contributed by atoms with Crippen LogP contribution in [-0.4, -0.2) is 141 Å². The third-order valence-corrected chi connectivity index (χ3v) is 9.08. The summed E-state index contributed by atoms with van der Waals surface area (Å²) in [6.45, 7) is 2.16. The number of hydrogen-bond acceptors (Lipinski definition) is 13. The molecule has 0 spiro atoms. The van der Waals surface area contributed by atoms with Gasteiger partial charge in [0.2, 0.25) is 35.4 Å². The van der Waals surface area contributed by atoms with Crippen LogP contribution in [-0.2, 0) is 46.4 Å². The number of imidazole rings is 1. The number of carbonyl (C=O) groups excluding carboxylic acids is 6. The predicted molar refractivity (Wildman–Crippen MR) is 229 cm³/mol. The average Bonchev–Trinajstić information content (AvgIpc) is 3.74. The van der Waals surface area contributed by atoms with E-state index in [9.17, 15) is 48.9 Å². The molecule has 2 aromatic rings. The zero-order chi connectivity index (χ0) is 47.1. The van der Waals surface area contributed by atoms with E-state index in [4.69, 9.17) is 28.7 Å². The second-order valence-electron chi connectivity index (χ2n) is 14.9. The number of aromatic nitrogens is 2. The van der Waals surface area contributed by atoms with Crippen LogP contribution in [0.3, 0.4) is 0 Å². The number of aliphatic hydroxyl groups excluding tert-OH is 1. The number of phenolic OH excluding ortho intramolecular Hbond substituents is 1. The maximum Gasteiger partial charge on any atom is 0.328 e. The molecule has 0 aliphatic heterocycles. The van der Waals surface area contributed by atoms with Crippen LogP contribution in [0.2, 0.25) is 0 Å². The molecule has 2 rings (SSSR count). The van der Waals surface area contributed by atoms with Crippen molar-refractivity contribution in [2.24, 2.45) is 44.6 Å². The van der Waals surface area contributed by atoms with E-state index in [-0.39, 0.29) is 81.6 Å². The number of rotatable bonds is 28. The summed E-state index contributed by atoms with van der Waals surface area (Å²) in [5.41, 5.74) is 28.9. The molecule has 6 amide bonds. The highest BCUT2D eigenvalue weighted by Crippen LogP contribution is 2.12. The molecule has 0 aliphatic rings. The number of guanidine groups is 2. The monoisotopic (exact) mass is 887 g/mol. The summed E-state index contributed by atoms with van der Waals surface area (Å²) in [5, 5.41) is 43.3. The third-order valence-electron chi connectivity index (χ3n) is 9.08. The average molecular weight is 888 g/mol. The van der Waals surface area contributed by atoms with Gasteiger partial charge in [0, 0.05) is 31.4 Å². The number of aliphatic imine (C=N–C) groups is 2. The largest absolute Gasteiger partial charge is 0.508 e. The minimum atomic E-state index is -1.65. The Bertz CT molecular complexity index is 1870. The summed E-state index contributed by atoms with van der Waals surface area (Å²) >= 11 is 0. The number of aliphatic hydroxyl groups is 1. The SMILES string of the molecule is CC(C)C[C@H](NC(=O)[C@H](Cc1cnc[nH]1)NC(=O)[C@H](CCCN=C(N)N)NC(=O)[C@H](CCCN=C(N)N)NC(=O)CNC(=O)[C@@H](N)Cc1ccc(O)cc1)C(=O)N[C@@H](CO)C(=O)O. The van der Waals surface area contributed by atoms with Gasteiger partial charge in [-0.25, -0.2) is 9.78 Å². The number of aromatic amines is 1. The number of carboxylic acids is 1. The quantitative estimate of drug-likeness (QED) is 0.0216. The summed E-state index contributed by atoms with van der Waals surface area (Å²) in [7, 11) is 0. The van der Waals surface area contributed by atoms with Gasteiger partial charge in [0.15, 0.2) is 11.9 Å². The van der Waals surface area contributed by atoms with Gasteiger partial charge in [-0.2, -0.15) is 0 Å². The molecule has 0 bridgehead atoms. The Morgan fingerprint density at radius 3 is 1.73 bits per heavy atom. The minimum absolute atomic E-state index is 0.0336. The van der Waals surface area contributed by atoms with Gasteiger partial charge in [0.25, 0.3) is 0 Å². The smallest absolute Gasteiger partial charge is 0.328 e. The lowest BCUT2D eigenvalue weighted by Gasteiger charge is -2.27. The molecule has 0 radical (unpaired) electrons. The molecule has 20 N–H and O–H groups in total. The van der Waals surface area contributed by atoms with Crippen molar-refractivity contribution in [3.05, 3.63) is 48.0 Å². The molecule has 25 heteroatoms. The molecule has 1 aromatic heterocycles. The van der Waals surface area contributed by atoms with E-state index >= 15 is 0 Å². The van der Waals surface area contributed by atoms with Crippen LogP contribution in [0, 0.1) is 5.92 Å². The number of aromatic hydroxyl groups is 1. The summed E-state index contributed by atoms with van der Waals surface area (Å²) < 4.78 is 0. The number of benzene rings is 1. The molecule has 6 atom stereocenters. The van der Waals surface area contributed by atoms with Crippen molar-refractivity contribution in [1.82, 2.24) is 41.9 Å². The van der Waals surface area contributed by atoms with Crippen LogP contribution < -0.4 is 60.6 Å². The number of nitrogens with zero attached hydrogens (tertiary/aromatic N) is 3. The van der Waals surface area contributed by atoms with Gasteiger partial charge in [-0.05, 0) is 62.1 Å². The van der Waals surface area contributed by atoms with Crippen LogP contribution in [0.15, 0.2) is 46.8 Å². The van der Waals surface area contributed by atoms with E-state index in [1.54, 1.807) is 26.0 Å². The van der Waals surface area contributed by atoms with Crippen molar-refractivity contribution in [1.29, 1.82) is 0 Å². The van der Waals surface area contributed by atoms with E-state index in [1.165, 1.54) is 24.7 Å². The fraction of sp³-hybridized carbons (Fsp3) is 0.526. The second kappa shape index (κ2) is 27.0. The standard InChI is InChI=1S/C38H61N15O10/c1-20(2)13-27(34(60)53-29(18-54)36(62)63)51-35(61)28(15-22-16-44-19-48-22)52-33(59)26(6-4-12-46-38(42)43)50-32(58)25(5-3-11-45-37(40)41)49-30(56)17-47-31(57)24(39)14-21-7-9-23(55)10-8-21/h7-10,16,19-20,24-29,54-55H,3-6,11-15,17-18,39H2,1-2H3,(H,44,48)(H,47,57)(H,49,56)(H,50,58)(H,51,61)(H,52,59)(H,53,60)(H,62,63)(H4,40,41,45)(H4,42,43,46)/t24-,25-,26-,27-,28-,29-/m0/s1. The zero-order valence-corrected chi connectivity index (χ0v) is 35.2. The number of aliphatic carboxylic acids is 1. The van der Waals surface area contributed by atoms with Gasteiger partial charge in [0.1, 0.15) is 36.0 Å². The highest BCUT2D eigenvalue weighted by Gasteiger charge is 2.33. The molecule has 0 saturated carbocycles. The lowest BCUT2D eigenvalue weighted by atomic mass is 10.0. The fourth-order valence-electron chi connectivity index (χ4n) is 5.87. The van der Waals surface area contributed by atoms with E-state index in [0.29, 0.717) is 11.3 Å². The molecule has 348 valence electrons. The Labute approximate surface area is 363 Å². The predicted octanol–water partition coefficient (Wildman–Crippen LogP) is -5.00. The van der Waals surface area contributed by atoms with E-state index in [2.05, 4.69) is 51.9 Å². The van der Waals surface area contributed by atoms with Crippen LogP contribution in [0.4, 0.5) is 0 Å². The lowest BCUT2D eigenvalue weighted by Crippen LogP contribution is -2.59. The highest BCUT2D eigenvalue weighted by atomic mass is 16.4. The number of phenols is 1. The lowest BCUT2D eigenvalue weighted by molar-refractivity contribution is -0.143. The van der Waals surface area contributed by atoms with E-state index in [0.717, 1.165) is 0 Å².